The van der Waals surface area contributed by atoms with Gasteiger partial charge >= 0.3 is 11.9 Å². The van der Waals surface area contributed by atoms with Crippen LogP contribution in [0.2, 0.25) is 0 Å². The molecule has 1 saturated heterocycles. The number of carbonyl (C=O) groups is 2. The standard InChI is InChI=1S/C21H34N2O5/c1-14(12-22-23-11-7-8-15(23)13-26-5)16-9-10-17(18(16)19(24)27-6)28-20(25)21(2,3)4/h12,14-16H,7-11,13H2,1-6H3/b22-12+/t14-,15+,16-/m1/s1. The highest BCUT2D eigenvalue weighted by Gasteiger charge is 2.38. The third-order valence-electron chi connectivity index (χ3n) is 5.38. The largest absolute Gasteiger partial charge is 0.466 e. The Morgan fingerprint density at radius 2 is 2.00 bits per heavy atom. The van der Waals surface area contributed by atoms with Gasteiger partial charge in [-0.05, 0) is 40.0 Å². The van der Waals surface area contributed by atoms with Gasteiger partial charge in [-0.25, -0.2) is 4.79 Å². The average Bonchev–Trinajstić information content (AvgIpc) is 3.25. The molecule has 0 amide bonds. The van der Waals surface area contributed by atoms with E-state index >= 15 is 0 Å². The van der Waals surface area contributed by atoms with Gasteiger partial charge in [-0.15, -0.1) is 0 Å². The Hall–Kier alpha value is -1.89. The average molecular weight is 395 g/mol. The summed E-state index contributed by atoms with van der Waals surface area (Å²) in [5, 5.41) is 6.72. The highest BCUT2D eigenvalue weighted by Crippen LogP contribution is 2.38. The van der Waals surface area contributed by atoms with Crippen LogP contribution < -0.4 is 0 Å². The number of allylic oxidation sites excluding steroid dienone is 1. The van der Waals surface area contributed by atoms with Crippen molar-refractivity contribution in [1.29, 1.82) is 0 Å². The first-order valence-electron chi connectivity index (χ1n) is 10.0. The van der Waals surface area contributed by atoms with Crippen molar-refractivity contribution in [3.8, 4) is 0 Å². The lowest BCUT2D eigenvalue weighted by Gasteiger charge is -2.23. The molecule has 0 aromatic rings. The van der Waals surface area contributed by atoms with Gasteiger partial charge in [-0.2, -0.15) is 5.10 Å². The Morgan fingerprint density at radius 3 is 2.61 bits per heavy atom. The lowest BCUT2D eigenvalue weighted by Crippen LogP contribution is -2.29. The monoisotopic (exact) mass is 394 g/mol. The second kappa shape index (κ2) is 9.54. The molecular weight excluding hydrogens is 360 g/mol. The van der Waals surface area contributed by atoms with Crippen molar-refractivity contribution >= 4 is 18.2 Å². The van der Waals surface area contributed by atoms with E-state index in [1.54, 1.807) is 27.9 Å². The first-order valence-corrected chi connectivity index (χ1v) is 10.0. The molecule has 158 valence electrons. The minimum atomic E-state index is -0.633. The Labute approximate surface area is 168 Å². The second-order valence-corrected chi connectivity index (χ2v) is 8.65. The van der Waals surface area contributed by atoms with Gasteiger partial charge in [0.2, 0.25) is 0 Å². The normalized spacial score (nSPS) is 24.1. The molecule has 0 aromatic heterocycles. The van der Waals surface area contributed by atoms with Gasteiger partial charge in [0.05, 0.1) is 30.7 Å². The number of nitrogens with zero attached hydrogens (tertiary/aromatic N) is 2. The molecule has 0 radical (unpaired) electrons. The minimum Gasteiger partial charge on any atom is -0.466 e. The van der Waals surface area contributed by atoms with Crippen LogP contribution in [0.5, 0.6) is 0 Å². The molecule has 7 nitrogen and oxygen atoms in total. The fourth-order valence-corrected chi connectivity index (χ4v) is 3.67. The van der Waals surface area contributed by atoms with E-state index < -0.39 is 11.4 Å². The summed E-state index contributed by atoms with van der Waals surface area (Å²) >= 11 is 0. The van der Waals surface area contributed by atoms with Crippen molar-refractivity contribution < 1.29 is 23.8 Å². The maximum Gasteiger partial charge on any atom is 0.337 e. The molecule has 1 fully saturated rings. The number of methoxy groups -OCH3 is 2. The molecule has 28 heavy (non-hydrogen) atoms. The van der Waals surface area contributed by atoms with Crippen LogP contribution >= 0.6 is 0 Å². The smallest absolute Gasteiger partial charge is 0.337 e. The fraction of sp³-hybridized carbons (Fsp3) is 0.762. The maximum atomic E-state index is 12.4. The van der Waals surface area contributed by atoms with E-state index in [-0.39, 0.29) is 17.8 Å². The van der Waals surface area contributed by atoms with Crippen LogP contribution in [-0.4, -0.2) is 56.6 Å². The van der Waals surface area contributed by atoms with Crippen molar-refractivity contribution in [3.05, 3.63) is 11.3 Å². The molecule has 1 heterocycles. The first-order chi connectivity index (χ1) is 13.2. The van der Waals surface area contributed by atoms with Gasteiger partial charge in [-0.3, -0.25) is 9.80 Å². The predicted molar refractivity (Wildman–Crippen MR) is 107 cm³/mol. The summed E-state index contributed by atoms with van der Waals surface area (Å²) in [6, 6.07) is 0.302. The number of esters is 2. The third-order valence-corrected chi connectivity index (χ3v) is 5.38. The molecule has 0 N–H and O–H groups in total. The van der Waals surface area contributed by atoms with Gasteiger partial charge in [0.25, 0.3) is 0 Å². The lowest BCUT2D eigenvalue weighted by atomic mass is 9.89. The van der Waals surface area contributed by atoms with E-state index in [2.05, 4.69) is 10.1 Å². The van der Waals surface area contributed by atoms with E-state index in [4.69, 9.17) is 14.2 Å². The molecule has 2 aliphatic rings. The van der Waals surface area contributed by atoms with Crippen LogP contribution in [-0.2, 0) is 23.8 Å². The molecule has 2 rings (SSSR count). The van der Waals surface area contributed by atoms with E-state index in [9.17, 15) is 9.59 Å². The van der Waals surface area contributed by atoms with Crippen LogP contribution in [0, 0.1) is 17.3 Å². The van der Waals surface area contributed by atoms with Crippen LogP contribution in [0.25, 0.3) is 0 Å². The summed E-state index contributed by atoms with van der Waals surface area (Å²) in [5.41, 5.74) is -0.167. The number of carbonyl (C=O) groups excluding carboxylic acids is 2. The molecule has 0 unspecified atom stereocenters. The molecule has 0 aromatic carbocycles. The Morgan fingerprint density at radius 1 is 1.29 bits per heavy atom. The van der Waals surface area contributed by atoms with E-state index in [0.717, 1.165) is 25.8 Å². The molecule has 7 heteroatoms. The van der Waals surface area contributed by atoms with Crippen molar-refractivity contribution in [3.63, 3.8) is 0 Å². The van der Waals surface area contributed by atoms with E-state index in [1.165, 1.54) is 7.11 Å². The summed E-state index contributed by atoms with van der Waals surface area (Å²) in [5.74, 6) is -0.398. The molecule has 1 aliphatic heterocycles. The quantitative estimate of drug-likeness (QED) is 0.488. The summed E-state index contributed by atoms with van der Waals surface area (Å²) in [6.07, 6.45) is 5.35. The summed E-state index contributed by atoms with van der Waals surface area (Å²) in [7, 11) is 3.06. The molecule has 0 spiro atoms. The van der Waals surface area contributed by atoms with E-state index in [0.29, 0.717) is 30.4 Å². The summed E-state index contributed by atoms with van der Waals surface area (Å²) in [6.45, 7) is 8.99. The SMILES string of the molecule is COC[C@@H]1CCCN1/N=C/[C@@H](C)[C@H]1CCC(OC(=O)C(C)(C)C)=C1C(=O)OC. The molecule has 0 bridgehead atoms. The van der Waals surface area contributed by atoms with Crippen LogP contribution in [0.3, 0.4) is 0 Å². The number of hydrogen-bond donors (Lipinski definition) is 0. The predicted octanol–water partition coefficient (Wildman–Crippen LogP) is 3.15. The van der Waals surface area contributed by atoms with Gasteiger partial charge in [-0.1, -0.05) is 6.92 Å². The van der Waals surface area contributed by atoms with Gasteiger partial charge in [0.15, 0.2) is 0 Å². The van der Waals surface area contributed by atoms with Crippen molar-refractivity contribution in [2.45, 2.75) is 59.4 Å². The summed E-state index contributed by atoms with van der Waals surface area (Å²) < 4.78 is 15.8. The zero-order valence-electron chi connectivity index (χ0n) is 18.0. The van der Waals surface area contributed by atoms with Crippen LogP contribution in [0.4, 0.5) is 0 Å². The maximum absolute atomic E-state index is 12.4. The highest BCUT2D eigenvalue weighted by molar-refractivity contribution is 5.91. The topological polar surface area (TPSA) is 77.4 Å². The third kappa shape index (κ3) is 5.34. The summed E-state index contributed by atoms with van der Waals surface area (Å²) in [4.78, 5) is 24.7. The molecular formula is C21H34N2O5. The first kappa shape index (κ1) is 22.4. The number of rotatable bonds is 7. The van der Waals surface area contributed by atoms with Gasteiger partial charge < -0.3 is 14.2 Å². The second-order valence-electron chi connectivity index (χ2n) is 8.65. The lowest BCUT2D eigenvalue weighted by molar-refractivity contribution is -0.148. The van der Waals surface area contributed by atoms with Crippen LogP contribution in [0.15, 0.2) is 16.4 Å². The number of hydrogen-bond acceptors (Lipinski definition) is 7. The minimum absolute atomic E-state index is 0.0173. The fourth-order valence-electron chi connectivity index (χ4n) is 3.67. The van der Waals surface area contributed by atoms with Crippen molar-refractivity contribution in [2.24, 2.45) is 22.4 Å². The Balaban J connectivity index is 2.15. The Kier molecular flexibility index (Phi) is 7.63. The molecule has 1 aliphatic carbocycles. The molecule has 0 saturated carbocycles. The molecule has 3 atom stereocenters. The number of ether oxygens (including phenoxy) is 3. The van der Waals surface area contributed by atoms with E-state index in [1.807, 2.05) is 13.1 Å². The van der Waals surface area contributed by atoms with Gasteiger partial charge in [0, 0.05) is 38.1 Å². The number of hydrazone groups is 1. The highest BCUT2D eigenvalue weighted by atomic mass is 16.5. The zero-order valence-corrected chi connectivity index (χ0v) is 18.0. The van der Waals surface area contributed by atoms with Crippen molar-refractivity contribution in [2.75, 3.05) is 27.4 Å². The Bertz CT molecular complexity index is 635. The van der Waals surface area contributed by atoms with Crippen molar-refractivity contribution in [1.82, 2.24) is 5.01 Å². The van der Waals surface area contributed by atoms with Gasteiger partial charge in [0.1, 0.15) is 5.76 Å². The van der Waals surface area contributed by atoms with Crippen LogP contribution in [0.1, 0.15) is 53.4 Å². The zero-order chi connectivity index (χ0) is 20.9.